The van der Waals surface area contributed by atoms with Crippen LogP contribution in [0.2, 0.25) is 0 Å². The van der Waals surface area contributed by atoms with Crippen LogP contribution in [0.25, 0.3) is 10.9 Å². The Balaban J connectivity index is 1.92. The zero-order chi connectivity index (χ0) is 12.8. The molecule has 0 amide bonds. The van der Waals surface area contributed by atoms with E-state index in [-0.39, 0.29) is 10.8 Å². The van der Waals surface area contributed by atoms with Crippen LogP contribution in [0, 0.1) is 5.41 Å². The molecule has 4 heteroatoms. The van der Waals surface area contributed by atoms with Gasteiger partial charge in [-0.05, 0) is 18.6 Å². The second-order valence-electron chi connectivity index (χ2n) is 5.46. The van der Waals surface area contributed by atoms with Crippen LogP contribution in [0.5, 0.6) is 0 Å². The van der Waals surface area contributed by atoms with Gasteiger partial charge in [-0.25, -0.2) is 9.97 Å². The Morgan fingerprint density at radius 2 is 2.06 bits per heavy atom. The third-order valence-electron chi connectivity index (χ3n) is 4.00. The Hall–Kier alpha value is -1.35. The molecule has 2 aromatic rings. The van der Waals surface area contributed by atoms with Crippen molar-refractivity contribution in [2.75, 3.05) is 5.32 Å². The van der Waals surface area contributed by atoms with Crippen LogP contribution >= 0.6 is 11.6 Å². The molecular formula is C14H16ClN3. The molecule has 0 spiro atoms. The van der Waals surface area contributed by atoms with E-state index in [1.54, 1.807) is 6.33 Å². The topological polar surface area (TPSA) is 37.8 Å². The molecule has 1 aromatic heterocycles. The highest BCUT2D eigenvalue weighted by atomic mass is 35.5. The number of aromatic nitrogens is 2. The Morgan fingerprint density at radius 1 is 1.28 bits per heavy atom. The highest BCUT2D eigenvalue weighted by molar-refractivity contribution is 6.22. The average molecular weight is 262 g/mol. The number of hydrogen-bond acceptors (Lipinski definition) is 3. The summed E-state index contributed by atoms with van der Waals surface area (Å²) in [5, 5.41) is 4.81. The highest BCUT2D eigenvalue weighted by Gasteiger charge is 2.47. The molecule has 1 aliphatic carbocycles. The SMILES string of the molecule is CC1(C)C(Cl)CC1Nc1ncnc2ccccc12. The zero-order valence-electron chi connectivity index (χ0n) is 10.5. The summed E-state index contributed by atoms with van der Waals surface area (Å²) in [6.07, 6.45) is 2.58. The van der Waals surface area contributed by atoms with Gasteiger partial charge in [0.2, 0.25) is 0 Å². The third-order valence-corrected chi connectivity index (χ3v) is 4.74. The van der Waals surface area contributed by atoms with E-state index < -0.39 is 0 Å². The second-order valence-corrected chi connectivity index (χ2v) is 5.99. The summed E-state index contributed by atoms with van der Waals surface area (Å²) in [4.78, 5) is 8.62. The molecule has 3 nitrogen and oxygen atoms in total. The number of nitrogens with one attached hydrogen (secondary N) is 1. The van der Waals surface area contributed by atoms with E-state index in [4.69, 9.17) is 11.6 Å². The predicted molar refractivity (Wildman–Crippen MR) is 75.0 cm³/mol. The molecule has 1 saturated carbocycles. The Bertz CT molecular complexity index is 577. The van der Waals surface area contributed by atoms with Crippen LogP contribution in [0.1, 0.15) is 20.3 Å². The molecule has 3 rings (SSSR count). The van der Waals surface area contributed by atoms with Crippen molar-refractivity contribution in [3.63, 3.8) is 0 Å². The first-order valence-corrected chi connectivity index (χ1v) is 6.63. The molecule has 1 N–H and O–H groups in total. The molecule has 0 aliphatic heterocycles. The first-order valence-electron chi connectivity index (χ1n) is 6.19. The van der Waals surface area contributed by atoms with Crippen LogP contribution < -0.4 is 5.32 Å². The van der Waals surface area contributed by atoms with E-state index in [9.17, 15) is 0 Å². The van der Waals surface area contributed by atoms with Crippen LogP contribution in [-0.4, -0.2) is 21.4 Å². The highest BCUT2D eigenvalue weighted by Crippen LogP contribution is 2.45. The van der Waals surface area contributed by atoms with Gasteiger partial charge in [0.05, 0.1) is 5.52 Å². The molecule has 1 fully saturated rings. The monoisotopic (exact) mass is 261 g/mol. The standard InChI is InChI=1S/C14H16ClN3/c1-14(2)11(15)7-12(14)18-13-9-5-3-4-6-10(9)16-8-17-13/h3-6,8,11-12H,7H2,1-2H3,(H,16,17,18). The molecule has 2 unspecified atom stereocenters. The zero-order valence-corrected chi connectivity index (χ0v) is 11.3. The van der Waals surface area contributed by atoms with Crippen LogP contribution in [0.15, 0.2) is 30.6 Å². The van der Waals surface area contributed by atoms with E-state index in [1.807, 2.05) is 24.3 Å². The molecule has 1 heterocycles. The van der Waals surface area contributed by atoms with Crippen molar-refractivity contribution in [3.05, 3.63) is 30.6 Å². The first-order chi connectivity index (χ1) is 8.59. The summed E-state index contributed by atoms with van der Waals surface area (Å²) in [7, 11) is 0. The molecule has 2 atom stereocenters. The Morgan fingerprint density at radius 3 is 2.78 bits per heavy atom. The minimum atomic E-state index is 0.105. The van der Waals surface area contributed by atoms with Crippen molar-refractivity contribution in [3.8, 4) is 0 Å². The number of fused-ring (bicyclic) bond motifs is 1. The minimum absolute atomic E-state index is 0.105. The van der Waals surface area contributed by atoms with Crippen LogP contribution in [0.3, 0.4) is 0 Å². The molecule has 18 heavy (non-hydrogen) atoms. The van der Waals surface area contributed by atoms with Gasteiger partial charge in [0, 0.05) is 22.2 Å². The number of halogens is 1. The van der Waals surface area contributed by atoms with Crippen LogP contribution in [0.4, 0.5) is 5.82 Å². The quantitative estimate of drug-likeness (QED) is 0.842. The summed E-state index contributed by atoms with van der Waals surface area (Å²) >= 11 is 6.25. The summed E-state index contributed by atoms with van der Waals surface area (Å²) in [6.45, 7) is 4.38. The van der Waals surface area contributed by atoms with Crippen molar-refractivity contribution in [1.29, 1.82) is 0 Å². The number of anilines is 1. The maximum Gasteiger partial charge on any atom is 0.137 e. The normalized spacial score (nSPS) is 25.7. The number of benzene rings is 1. The largest absolute Gasteiger partial charge is 0.366 e. The fraction of sp³-hybridized carbons (Fsp3) is 0.429. The lowest BCUT2D eigenvalue weighted by Gasteiger charge is -2.49. The van der Waals surface area contributed by atoms with Gasteiger partial charge >= 0.3 is 0 Å². The number of para-hydroxylation sites is 1. The summed E-state index contributed by atoms with van der Waals surface area (Å²) in [5.74, 6) is 0.905. The number of rotatable bonds is 2. The van der Waals surface area contributed by atoms with Gasteiger partial charge in [-0.15, -0.1) is 11.6 Å². The summed E-state index contributed by atoms with van der Waals surface area (Å²) < 4.78 is 0. The molecule has 0 saturated heterocycles. The second kappa shape index (κ2) is 4.09. The fourth-order valence-corrected chi connectivity index (χ4v) is 2.73. The molecular weight excluding hydrogens is 246 g/mol. The van der Waals surface area contributed by atoms with Gasteiger partial charge in [-0.1, -0.05) is 26.0 Å². The van der Waals surface area contributed by atoms with Gasteiger partial charge in [-0.3, -0.25) is 0 Å². The number of hydrogen-bond donors (Lipinski definition) is 1. The number of alkyl halides is 1. The van der Waals surface area contributed by atoms with E-state index in [2.05, 4.69) is 29.1 Å². The fourth-order valence-electron chi connectivity index (χ4n) is 2.40. The molecule has 1 aromatic carbocycles. The third kappa shape index (κ3) is 1.74. The maximum atomic E-state index is 6.25. The van der Waals surface area contributed by atoms with E-state index in [0.29, 0.717) is 6.04 Å². The van der Waals surface area contributed by atoms with Crippen LogP contribution in [-0.2, 0) is 0 Å². The smallest absolute Gasteiger partial charge is 0.137 e. The maximum absolute atomic E-state index is 6.25. The lowest BCUT2D eigenvalue weighted by Crippen LogP contribution is -2.54. The Kier molecular flexibility index (Phi) is 2.67. The van der Waals surface area contributed by atoms with Crippen molar-refractivity contribution in [2.24, 2.45) is 5.41 Å². The molecule has 0 bridgehead atoms. The molecule has 94 valence electrons. The molecule has 0 radical (unpaired) electrons. The van der Waals surface area contributed by atoms with Gasteiger partial charge in [0.1, 0.15) is 12.1 Å². The first kappa shape index (κ1) is 11.7. The van der Waals surface area contributed by atoms with Crippen molar-refractivity contribution >= 4 is 28.3 Å². The lowest BCUT2D eigenvalue weighted by atomic mass is 9.67. The van der Waals surface area contributed by atoms with E-state index in [1.165, 1.54) is 0 Å². The van der Waals surface area contributed by atoms with Crippen molar-refractivity contribution in [1.82, 2.24) is 9.97 Å². The van der Waals surface area contributed by atoms with Crippen molar-refractivity contribution in [2.45, 2.75) is 31.7 Å². The van der Waals surface area contributed by atoms with Gasteiger partial charge in [0.15, 0.2) is 0 Å². The Labute approximate surface area is 112 Å². The van der Waals surface area contributed by atoms with E-state index >= 15 is 0 Å². The van der Waals surface area contributed by atoms with Gasteiger partial charge in [0.25, 0.3) is 0 Å². The number of nitrogens with zero attached hydrogens (tertiary/aromatic N) is 2. The summed E-state index contributed by atoms with van der Waals surface area (Å²) in [6, 6.07) is 8.41. The van der Waals surface area contributed by atoms with E-state index in [0.717, 1.165) is 23.1 Å². The molecule has 1 aliphatic rings. The average Bonchev–Trinajstić information content (AvgIpc) is 2.39. The predicted octanol–water partition coefficient (Wildman–Crippen LogP) is 3.45. The lowest BCUT2D eigenvalue weighted by molar-refractivity contribution is 0.168. The van der Waals surface area contributed by atoms with Crippen molar-refractivity contribution < 1.29 is 0 Å². The van der Waals surface area contributed by atoms with Gasteiger partial charge in [-0.2, -0.15) is 0 Å². The summed E-state index contributed by atoms with van der Waals surface area (Å²) in [5.41, 5.74) is 1.07. The minimum Gasteiger partial charge on any atom is -0.366 e. The van der Waals surface area contributed by atoms with Gasteiger partial charge < -0.3 is 5.32 Å².